The molecule has 0 unspecified atom stereocenters. The second kappa shape index (κ2) is 9.39. The number of benzene rings is 3. The number of ether oxygens (including phenoxy) is 2. The van der Waals surface area contributed by atoms with E-state index in [0.29, 0.717) is 25.3 Å². The molecule has 0 aliphatic heterocycles. The fourth-order valence-corrected chi connectivity index (χ4v) is 3.64. The van der Waals surface area contributed by atoms with Crippen LogP contribution in [0.3, 0.4) is 0 Å². The number of aromatic amines is 1. The van der Waals surface area contributed by atoms with Gasteiger partial charge < -0.3 is 19.4 Å². The van der Waals surface area contributed by atoms with E-state index in [9.17, 15) is 4.79 Å². The summed E-state index contributed by atoms with van der Waals surface area (Å²) in [7, 11) is 1.62. The van der Waals surface area contributed by atoms with E-state index in [4.69, 9.17) is 9.47 Å². The molecule has 0 aliphatic carbocycles. The highest BCUT2D eigenvalue weighted by molar-refractivity contribution is 5.80. The lowest BCUT2D eigenvalue weighted by atomic mass is 10.1. The van der Waals surface area contributed by atoms with E-state index < -0.39 is 0 Å². The molecule has 0 spiro atoms. The molecule has 31 heavy (non-hydrogen) atoms. The van der Waals surface area contributed by atoms with Crippen LogP contribution in [-0.2, 0) is 13.1 Å². The van der Waals surface area contributed by atoms with Crippen molar-refractivity contribution in [3.63, 3.8) is 0 Å². The third kappa shape index (κ3) is 4.89. The van der Waals surface area contributed by atoms with Crippen LogP contribution in [-0.4, -0.2) is 18.7 Å². The van der Waals surface area contributed by atoms with E-state index in [1.165, 1.54) is 5.56 Å². The Morgan fingerprint density at radius 2 is 1.61 bits per heavy atom. The van der Waals surface area contributed by atoms with Crippen LogP contribution in [0.2, 0.25) is 0 Å². The first-order valence-electron chi connectivity index (χ1n) is 10.4. The summed E-state index contributed by atoms with van der Waals surface area (Å²) in [5, 5.41) is 0.974. The van der Waals surface area contributed by atoms with Crippen LogP contribution in [0.25, 0.3) is 10.9 Å². The monoisotopic (exact) mass is 414 g/mol. The summed E-state index contributed by atoms with van der Waals surface area (Å²) in [6.07, 6.45) is 0. The highest BCUT2D eigenvalue weighted by Gasteiger charge is 2.13. The Morgan fingerprint density at radius 1 is 0.871 bits per heavy atom. The fourth-order valence-electron chi connectivity index (χ4n) is 3.64. The molecule has 0 saturated heterocycles. The van der Waals surface area contributed by atoms with E-state index in [0.717, 1.165) is 28.1 Å². The molecular formula is C26H26N2O3. The molecule has 158 valence electrons. The summed E-state index contributed by atoms with van der Waals surface area (Å²) in [4.78, 5) is 18.0. The van der Waals surface area contributed by atoms with Crippen molar-refractivity contribution >= 4 is 16.6 Å². The number of anilines is 1. The highest BCUT2D eigenvalue weighted by Crippen LogP contribution is 2.24. The van der Waals surface area contributed by atoms with Crippen LogP contribution in [0.4, 0.5) is 5.69 Å². The minimum absolute atomic E-state index is 0.0928. The zero-order valence-corrected chi connectivity index (χ0v) is 17.8. The van der Waals surface area contributed by atoms with Crippen molar-refractivity contribution in [2.24, 2.45) is 0 Å². The number of H-pyrrole nitrogens is 1. The van der Waals surface area contributed by atoms with Gasteiger partial charge in [-0.2, -0.15) is 0 Å². The van der Waals surface area contributed by atoms with Crippen LogP contribution in [0.5, 0.6) is 11.5 Å². The quantitative estimate of drug-likeness (QED) is 0.434. The number of hydrogen-bond acceptors (Lipinski definition) is 4. The standard InChI is InChI=1S/C26H26N2O3/c1-3-31-23-13-10-22(11-14-23)28(17-19-7-5-4-6-8-19)18-21-15-20-9-12-24(30-2)16-25(20)27-26(21)29/h4-16H,3,17-18H2,1-2H3,(H,27,29). The molecule has 0 bridgehead atoms. The maximum atomic E-state index is 12.8. The highest BCUT2D eigenvalue weighted by atomic mass is 16.5. The molecule has 4 rings (SSSR count). The van der Waals surface area contributed by atoms with E-state index in [2.05, 4.69) is 22.0 Å². The van der Waals surface area contributed by atoms with E-state index in [1.54, 1.807) is 7.11 Å². The van der Waals surface area contributed by atoms with Crippen molar-refractivity contribution in [2.75, 3.05) is 18.6 Å². The number of pyridine rings is 1. The number of nitrogens with zero attached hydrogens (tertiary/aromatic N) is 1. The maximum absolute atomic E-state index is 12.8. The van der Waals surface area contributed by atoms with Crippen molar-refractivity contribution in [3.8, 4) is 11.5 Å². The van der Waals surface area contributed by atoms with Crippen LogP contribution >= 0.6 is 0 Å². The third-order valence-corrected chi connectivity index (χ3v) is 5.22. The molecule has 3 aromatic carbocycles. The second-order valence-corrected chi connectivity index (χ2v) is 7.35. The van der Waals surface area contributed by atoms with Crippen LogP contribution in [0.1, 0.15) is 18.1 Å². The van der Waals surface area contributed by atoms with Gasteiger partial charge >= 0.3 is 0 Å². The van der Waals surface area contributed by atoms with Crippen molar-refractivity contribution in [1.29, 1.82) is 0 Å². The minimum Gasteiger partial charge on any atom is -0.497 e. The lowest BCUT2D eigenvalue weighted by molar-refractivity contribution is 0.340. The van der Waals surface area contributed by atoms with Crippen molar-refractivity contribution in [1.82, 2.24) is 4.98 Å². The molecule has 0 aliphatic rings. The van der Waals surface area contributed by atoms with Gasteiger partial charge in [0, 0.05) is 30.4 Å². The van der Waals surface area contributed by atoms with Gasteiger partial charge in [0.1, 0.15) is 11.5 Å². The Bertz CT molecular complexity index is 1200. The van der Waals surface area contributed by atoms with Gasteiger partial charge in [-0.15, -0.1) is 0 Å². The Hall–Kier alpha value is -3.73. The van der Waals surface area contributed by atoms with Gasteiger partial charge in [0.15, 0.2) is 0 Å². The molecular weight excluding hydrogens is 388 g/mol. The number of hydrogen-bond donors (Lipinski definition) is 1. The minimum atomic E-state index is -0.0928. The van der Waals surface area contributed by atoms with Crippen LogP contribution in [0.15, 0.2) is 83.7 Å². The average Bonchev–Trinajstić information content (AvgIpc) is 2.80. The van der Waals surface area contributed by atoms with Crippen molar-refractivity contribution < 1.29 is 9.47 Å². The van der Waals surface area contributed by atoms with Gasteiger partial charge in [-0.05, 0) is 60.3 Å². The van der Waals surface area contributed by atoms with Crippen LogP contribution in [0, 0.1) is 0 Å². The van der Waals surface area contributed by atoms with Gasteiger partial charge in [0.25, 0.3) is 5.56 Å². The summed E-state index contributed by atoms with van der Waals surface area (Å²) >= 11 is 0. The SMILES string of the molecule is CCOc1ccc(N(Cc2ccccc2)Cc2cc3ccc(OC)cc3[nH]c2=O)cc1. The first-order valence-corrected chi connectivity index (χ1v) is 10.4. The van der Waals surface area contributed by atoms with Gasteiger partial charge in [-0.1, -0.05) is 30.3 Å². The topological polar surface area (TPSA) is 54.6 Å². The molecule has 1 heterocycles. The average molecular weight is 415 g/mol. The molecule has 4 aromatic rings. The third-order valence-electron chi connectivity index (χ3n) is 5.22. The molecule has 0 radical (unpaired) electrons. The van der Waals surface area contributed by atoms with Crippen LogP contribution < -0.4 is 19.9 Å². The van der Waals surface area contributed by atoms with Gasteiger partial charge in [0.2, 0.25) is 0 Å². The molecule has 0 saturated carbocycles. The first-order chi connectivity index (χ1) is 15.2. The molecule has 0 atom stereocenters. The van der Waals surface area contributed by atoms with E-state index in [-0.39, 0.29) is 5.56 Å². The molecule has 5 nitrogen and oxygen atoms in total. The van der Waals surface area contributed by atoms with Crippen molar-refractivity contribution in [3.05, 3.63) is 100 Å². The lowest BCUT2D eigenvalue weighted by Gasteiger charge is -2.25. The van der Waals surface area contributed by atoms with E-state index >= 15 is 0 Å². The number of aromatic nitrogens is 1. The lowest BCUT2D eigenvalue weighted by Crippen LogP contribution is -2.26. The molecule has 1 aromatic heterocycles. The molecule has 0 fully saturated rings. The summed E-state index contributed by atoms with van der Waals surface area (Å²) < 4.78 is 10.8. The normalized spacial score (nSPS) is 10.8. The number of fused-ring (bicyclic) bond motifs is 1. The zero-order chi connectivity index (χ0) is 21.6. The van der Waals surface area contributed by atoms with Crippen molar-refractivity contribution in [2.45, 2.75) is 20.0 Å². The smallest absolute Gasteiger partial charge is 0.253 e. The van der Waals surface area contributed by atoms with Gasteiger partial charge in [-0.3, -0.25) is 4.79 Å². The van der Waals surface area contributed by atoms with Gasteiger partial charge in [0.05, 0.1) is 19.2 Å². The Morgan fingerprint density at radius 3 is 2.32 bits per heavy atom. The zero-order valence-electron chi connectivity index (χ0n) is 17.8. The number of methoxy groups -OCH3 is 1. The fraction of sp³-hybridized carbons (Fsp3) is 0.192. The Balaban J connectivity index is 1.68. The van der Waals surface area contributed by atoms with Gasteiger partial charge in [-0.25, -0.2) is 0 Å². The molecule has 5 heteroatoms. The summed E-state index contributed by atoms with van der Waals surface area (Å²) in [5.41, 5.74) is 3.59. The predicted molar refractivity (Wildman–Crippen MR) is 125 cm³/mol. The summed E-state index contributed by atoms with van der Waals surface area (Å²) in [6, 6.07) is 25.9. The number of rotatable bonds is 8. The predicted octanol–water partition coefficient (Wildman–Crippen LogP) is 5.14. The number of nitrogens with one attached hydrogen (secondary N) is 1. The Kier molecular flexibility index (Phi) is 6.22. The second-order valence-electron chi connectivity index (χ2n) is 7.35. The maximum Gasteiger partial charge on any atom is 0.253 e. The van der Waals surface area contributed by atoms with E-state index in [1.807, 2.05) is 73.7 Å². The first kappa shape index (κ1) is 20.5. The molecule has 1 N–H and O–H groups in total. The largest absolute Gasteiger partial charge is 0.497 e. The Labute approximate surface area is 181 Å². The summed E-state index contributed by atoms with van der Waals surface area (Å²) in [6.45, 7) is 3.77. The summed E-state index contributed by atoms with van der Waals surface area (Å²) in [5.74, 6) is 1.56. The molecule has 0 amide bonds.